The average molecular weight is 339 g/mol. The molecule has 3 rings (SSSR count). The van der Waals surface area contributed by atoms with Crippen LogP contribution in [0.15, 0.2) is 23.1 Å². The molecule has 0 radical (unpaired) electrons. The molecule has 2 bridgehead atoms. The van der Waals surface area contributed by atoms with Gasteiger partial charge in [0.25, 0.3) is 0 Å². The predicted octanol–water partition coefficient (Wildman–Crippen LogP) is 2.95. The topological polar surface area (TPSA) is 64.6 Å². The summed E-state index contributed by atoms with van der Waals surface area (Å²) < 4.78 is 39.3. The maximum absolute atomic E-state index is 12.7. The van der Waals surface area contributed by atoms with Gasteiger partial charge in [-0.3, -0.25) is 0 Å². The maximum Gasteiger partial charge on any atom is 0.240 e. The first-order chi connectivity index (χ1) is 11.0. The van der Waals surface area contributed by atoms with Crippen molar-refractivity contribution >= 4 is 10.0 Å². The molecule has 0 saturated heterocycles. The van der Waals surface area contributed by atoms with Crippen molar-refractivity contribution in [2.24, 2.45) is 11.8 Å². The monoisotopic (exact) mass is 339 g/mol. The second-order valence-corrected chi connectivity index (χ2v) is 8.09. The second kappa shape index (κ2) is 6.69. The molecular weight excluding hydrogens is 314 g/mol. The lowest BCUT2D eigenvalue weighted by atomic mass is 9.96. The number of fused-ring (bicyclic) bond motifs is 2. The van der Waals surface area contributed by atoms with Gasteiger partial charge in [0.1, 0.15) is 0 Å². The third kappa shape index (κ3) is 3.48. The van der Waals surface area contributed by atoms with Crippen LogP contribution in [0.1, 0.15) is 39.5 Å². The Balaban J connectivity index is 1.80. The fourth-order valence-corrected chi connectivity index (χ4v) is 5.19. The highest BCUT2D eigenvalue weighted by Crippen LogP contribution is 2.45. The number of benzene rings is 1. The highest BCUT2D eigenvalue weighted by Gasteiger charge is 2.41. The third-order valence-electron chi connectivity index (χ3n) is 4.87. The van der Waals surface area contributed by atoms with Crippen LogP contribution in [0.3, 0.4) is 0 Å². The average Bonchev–Trinajstić information content (AvgIpc) is 3.11. The normalized spacial score (nSPS) is 26.4. The standard InChI is InChI=1S/C17H25NO4S/c1-3-21-16-8-7-14(11-17(16)22-4-2)23(19,20)18-15-10-12-5-6-13(15)9-12/h7-8,11-13,15,18H,3-6,9-10H2,1-2H3/t12-,13-,15-/m0/s1. The Morgan fingerprint density at radius 1 is 1.09 bits per heavy atom. The fourth-order valence-electron chi connectivity index (χ4n) is 3.85. The van der Waals surface area contributed by atoms with Crippen LogP contribution in [0.25, 0.3) is 0 Å². The van der Waals surface area contributed by atoms with Gasteiger partial charge in [-0.2, -0.15) is 0 Å². The smallest absolute Gasteiger partial charge is 0.240 e. The van der Waals surface area contributed by atoms with Crippen molar-refractivity contribution in [1.82, 2.24) is 4.72 Å². The summed E-state index contributed by atoms with van der Waals surface area (Å²) in [4.78, 5) is 0.243. The fraction of sp³-hybridized carbons (Fsp3) is 0.647. The van der Waals surface area contributed by atoms with Gasteiger partial charge in [-0.1, -0.05) is 6.42 Å². The largest absolute Gasteiger partial charge is 0.490 e. The molecule has 0 aromatic heterocycles. The number of sulfonamides is 1. The van der Waals surface area contributed by atoms with Gasteiger partial charge in [0, 0.05) is 12.1 Å². The lowest BCUT2D eigenvalue weighted by Crippen LogP contribution is -2.38. The predicted molar refractivity (Wildman–Crippen MR) is 88.3 cm³/mol. The van der Waals surface area contributed by atoms with Crippen molar-refractivity contribution in [3.8, 4) is 11.5 Å². The van der Waals surface area contributed by atoms with Crippen LogP contribution >= 0.6 is 0 Å². The number of hydrogen-bond acceptors (Lipinski definition) is 4. The molecule has 0 aliphatic heterocycles. The zero-order valence-corrected chi connectivity index (χ0v) is 14.6. The molecule has 2 aliphatic rings. The van der Waals surface area contributed by atoms with Crippen LogP contribution in [-0.2, 0) is 10.0 Å². The van der Waals surface area contributed by atoms with Crippen LogP contribution in [-0.4, -0.2) is 27.7 Å². The lowest BCUT2D eigenvalue weighted by Gasteiger charge is -2.23. The molecule has 0 spiro atoms. The Morgan fingerprint density at radius 3 is 2.43 bits per heavy atom. The van der Waals surface area contributed by atoms with E-state index in [-0.39, 0.29) is 10.9 Å². The van der Waals surface area contributed by atoms with E-state index >= 15 is 0 Å². The molecule has 3 atom stereocenters. The van der Waals surface area contributed by atoms with Crippen molar-refractivity contribution in [3.63, 3.8) is 0 Å². The van der Waals surface area contributed by atoms with Gasteiger partial charge in [-0.25, -0.2) is 13.1 Å². The van der Waals surface area contributed by atoms with Gasteiger partial charge in [-0.15, -0.1) is 0 Å². The summed E-state index contributed by atoms with van der Waals surface area (Å²) in [7, 11) is -3.52. The Kier molecular flexibility index (Phi) is 4.82. The first-order valence-electron chi connectivity index (χ1n) is 8.45. The lowest BCUT2D eigenvalue weighted by molar-refractivity contribution is 0.287. The highest BCUT2D eigenvalue weighted by atomic mass is 32.2. The van der Waals surface area contributed by atoms with Gasteiger partial charge in [-0.05, 0) is 57.1 Å². The van der Waals surface area contributed by atoms with Gasteiger partial charge in [0.2, 0.25) is 10.0 Å². The number of rotatable bonds is 7. The van der Waals surface area contributed by atoms with Gasteiger partial charge >= 0.3 is 0 Å². The van der Waals surface area contributed by atoms with Crippen LogP contribution in [0.2, 0.25) is 0 Å². The van der Waals surface area contributed by atoms with Crippen molar-refractivity contribution in [2.45, 2.75) is 50.5 Å². The molecule has 0 unspecified atom stereocenters. The molecular formula is C17H25NO4S. The minimum atomic E-state index is -3.52. The van der Waals surface area contributed by atoms with E-state index in [1.54, 1.807) is 18.2 Å². The summed E-state index contributed by atoms with van der Waals surface area (Å²) in [6.45, 7) is 4.72. The van der Waals surface area contributed by atoms with E-state index in [0.717, 1.165) is 12.8 Å². The Morgan fingerprint density at radius 2 is 1.83 bits per heavy atom. The summed E-state index contributed by atoms with van der Waals surface area (Å²) >= 11 is 0. The van der Waals surface area contributed by atoms with Gasteiger partial charge < -0.3 is 9.47 Å². The van der Waals surface area contributed by atoms with Gasteiger partial charge in [0.15, 0.2) is 11.5 Å². The molecule has 0 amide bonds. The molecule has 5 nitrogen and oxygen atoms in total. The number of nitrogens with one attached hydrogen (secondary N) is 1. The van der Waals surface area contributed by atoms with E-state index < -0.39 is 10.0 Å². The number of ether oxygens (including phenoxy) is 2. The Labute approximate surface area is 138 Å². The molecule has 1 aromatic rings. The first kappa shape index (κ1) is 16.6. The SMILES string of the molecule is CCOc1ccc(S(=O)(=O)N[C@H]2C[C@H]3CC[C@H]2C3)cc1OCC. The van der Waals surface area contributed by atoms with Crippen molar-refractivity contribution < 1.29 is 17.9 Å². The van der Waals surface area contributed by atoms with Crippen molar-refractivity contribution in [2.75, 3.05) is 13.2 Å². The molecule has 128 valence electrons. The van der Waals surface area contributed by atoms with E-state index in [2.05, 4.69) is 4.72 Å². The summed E-state index contributed by atoms with van der Waals surface area (Å²) in [6, 6.07) is 4.90. The van der Waals surface area contributed by atoms with E-state index in [1.165, 1.54) is 12.8 Å². The summed E-state index contributed by atoms with van der Waals surface area (Å²) in [5, 5.41) is 0. The minimum Gasteiger partial charge on any atom is -0.490 e. The third-order valence-corrected chi connectivity index (χ3v) is 6.36. The Hall–Kier alpha value is -1.27. The zero-order chi connectivity index (χ0) is 16.4. The summed E-state index contributed by atoms with van der Waals surface area (Å²) in [5.74, 6) is 2.26. The van der Waals surface area contributed by atoms with E-state index in [0.29, 0.717) is 36.5 Å². The van der Waals surface area contributed by atoms with Crippen LogP contribution in [0.4, 0.5) is 0 Å². The number of hydrogen-bond donors (Lipinski definition) is 1. The van der Waals surface area contributed by atoms with E-state index in [9.17, 15) is 8.42 Å². The van der Waals surface area contributed by atoms with Crippen molar-refractivity contribution in [3.05, 3.63) is 18.2 Å². The zero-order valence-electron chi connectivity index (χ0n) is 13.7. The van der Waals surface area contributed by atoms with E-state index in [4.69, 9.17) is 9.47 Å². The molecule has 23 heavy (non-hydrogen) atoms. The second-order valence-electron chi connectivity index (χ2n) is 6.38. The molecule has 1 N–H and O–H groups in total. The molecule has 2 saturated carbocycles. The molecule has 2 aliphatic carbocycles. The Bertz CT molecular complexity index is 659. The van der Waals surface area contributed by atoms with Crippen LogP contribution in [0, 0.1) is 11.8 Å². The minimum absolute atomic E-state index is 0.0841. The quantitative estimate of drug-likeness (QED) is 0.829. The van der Waals surface area contributed by atoms with Crippen LogP contribution < -0.4 is 14.2 Å². The summed E-state index contributed by atoms with van der Waals surface area (Å²) in [6.07, 6.45) is 4.53. The molecule has 0 heterocycles. The highest BCUT2D eigenvalue weighted by molar-refractivity contribution is 7.89. The van der Waals surface area contributed by atoms with Crippen molar-refractivity contribution in [1.29, 1.82) is 0 Å². The van der Waals surface area contributed by atoms with E-state index in [1.807, 2.05) is 13.8 Å². The molecule has 2 fully saturated rings. The van der Waals surface area contributed by atoms with Gasteiger partial charge in [0.05, 0.1) is 18.1 Å². The molecule has 1 aromatic carbocycles. The molecule has 6 heteroatoms. The maximum atomic E-state index is 12.7. The van der Waals surface area contributed by atoms with Crippen LogP contribution in [0.5, 0.6) is 11.5 Å². The first-order valence-corrected chi connectivity index (χ1v) is 9.93. The summed E-state index contributed by atoms with van der Waals surface area (Å²) in [5.41, 5.74) is 0.